The smallest absolute Gasteiger partial charge is 0.314 e. The third-order valence-corrected chi connectivity index (χ3v) is 3.17. The van der Waals surface area contributed by atoms with E-state index >= 15 is 0 Å². The lowest BCUT2D eigenvalue weighted by Gasteiger charge is -2.20. The number of halogens is 1. The Morgan fingerprint density at radius 2 is 1.95 bits per heavy atom. The summed E-state index contributed by atoms with van der Waals surface area (Å²) in [5, 5.41) is 0. The number of carbonyl (C=O) groups excluding carboxylic acids is 1. The highest BCUT2D eigenvalue weighted by Crippen LogP contribution is 2.23. The number of rotatable bonds is 6. The molecule has 0 aromatic heterocycles. The summed E-state index contributed by atoms with van der Waals surface area (Å²) >= 11 is 3.34. The first-order valence-corrected chi connectivity index (χ1v) is 6.92. The van der Waals surface area contributed by atoms with Crippen molar-refractivity contribution in [3.8, 4) is 5.75 Å². The van der Waals surface area contributed by atoms with Crippen LogP contribution in [0.2, 0.25) is 0 Å². The minimum atomic E-state index is -0.532. The lowest BCUT2D eigenvalue weighted by Crippen LogP contribution is -2.27. The molecule has 0 unspecified atom stereocenters. The first kappa shape index (κ1) is 15.8. The molecule has 3 nitrogen and oxygen atoms in total. The highest BCUT2D eigenvalue weighted by molar-refractivity contribution is 9.10. The normalized spacial score (nSPS) is 11.6. The van der Waals surface area contributed by atoms with Crippen LogP contribution in [0.5, 0.6) is 5.75 Å². The van der Waals surface area contributed by atoms with Crippen molar-refractivity contribution in [2.45, 2.75) is 27.2 Å². The van der Waals surface area contributed by atoms with E-state index in [0.29, 0.717) is 12.2 Å². The van der Waals surface area contributed by atoms with Gasteiger partial charge in [-0.05, 0) is 51.5 Å². The second kappa shape index (κ2) is 7.34. The summed E-state index contributed by atoms with van der Waals surface area (Å²) in [5.74, 6) is 0.407. The molecular formula is C15H19BrO3. The zero-order valence-electron chi connectivity index (χ0n) is 11.5. The molecule has 1 rings (SSSR count). The Labute approximate surface area is 122 Å². The average molecular weight is 327 g/mol. The van der Waals surface area contributed by atoms with Crippen molar-refractivity contribution in [2.75, 3.05) is 6.79 Å². The van der Waals surface area contributed by atoms with Crippen molar-refractivity contribution < 1.29 is 14.3 Å². The van der Waals surface area contributed by atoms with Crippen molar-refractivity contribution >= 4 is 21.9 Å². The number of hydrogen-bond acceptors (Lipinski definition) is 3. The molecule has 0 saturated heterocycles. The van der Waals surface area contributed by atoms with Gasteiger partial charge in [-0.3, -0.25) is 4.79 Å². The molecule has 0 heterocycles. The van der Waals surface area contributed by atoms with E-state index in [1.807, 2.05) is 57.2 Å². The monoisotopic (exact) mass is 326 g/mol. The van der Waals surface area contributed by atoms with Gasteiger partial charge in [0.05, 0.1) is 5.41 Å². The maximum absolute atomic E-state index is 11.9. The molecule has 0 saturated carbocycles. The van der Waals surface area contributed by atoms with Gasteiger partial charge in [0.15, 0.2) is 0 Å². The van der Waals surface area contributed by atoms with Crippen LogP contribution in [0.3, 0.4) is 0 Å². The highest BCUT2D eigenvalue weighted by Gasteiger charge is 2.27. The van der Waals surface area contributed by atoms with Gasteiger partial charge < -0.3 is 9.47 Å². The fraction of sp³-hybridized carbons (Fsp3) is 0.400. The van der Waals surface area contributed by atoms with Crippen LogP contribution >= 0.6 is 15.9 Å². The van der Waals surface area contributed by atoms with Gasteiger partial charge in [0.25, 0.3) is 0 Å². The van der Waals surface area contributed by atoms with Crippen molar-refractivity contribution in [2.24, 2.45) is 5.41 Å². The molecule has 19 heavy (non-hydrogen) atoms. The van der Waals surface area contributed by atoms with Crippen molar-refractivity contribution in [3.63, 3.8) is 0 Å². The molecule has 0 fully saturated rings. The van der Waals surface area contributed by atoms with E-state index in [9.17, 15) is 4.79 Å². The van der Waals surface area contributed by atoms with Gasteiger partial charge in [0, 0.05) is 4.47 Å². The second-order valence-electron chi connectivity index (χ2n) is 4.80. The van der Waals surface area contributed by atoms with Crippen LogP contribution in [0.25, 0.3) is 0 Å². The molecule has 0 aliphatic carbocycles. The summed E-state index contributed by atoms with van der Waals surface area (Å²) in [4.78, 5) is 11.9. The first-order valence-electron chi connectivity index (χ1n) is 6.12. The largest absolute Gasteiger partial charge is 0.457 e. The Hall–Kier alpha value is -1.29. The Balaban J connectivity index is 2.40. The van der Waals surface area contributed by atoms with Gasteiger partial charge >= 0.3 is 5.97 Å². The second-order valence-corrected chi connectivity index (χ2v) is 5.72. The molecule has 104 valence electrons. The van der Waals surface area contributed by atoms with E-state index in [1.165, 1.54) is 0 Å². The fourth-order valence-electron chi connectivity index (χ4n) is 1.37. The fourth-order valence-corrected chi connectivity index (χ4v) is 1.64. The zero-order chi connectivity index (χ0) is 14.3. The van der Waals surface area contributed by atoms with Crippen molar-refractivity contribution in [1.82, 2.24) is 0 Å². The van der Waals surface area contributed by atoms with Gasteiger partial charge in [0.2, 0.25) is 6.79 Å². The summed E-state index contributed by atoms with van der Waals surface area (Å²) in [5.41, 5.74) is -0.532. The molecule has 0 amide bonds. The van der Waals surface area contributed by atoms with Gasteiger partial charge in [-0.25, -0.2) is 0 Å². The van der Waals surface area contributed by atoms with Crippen molar-refractivity contribution in [1.29, 1.82) is 0 Å². The van der Waals surface area contributed by atoms with Crippen LogP contribution in [0.15, 0.2) is 40.9 Å². The van der Waals surface area contributed by atoms with Gasteiger partial charge in [-0.2, -0.15) is 0 Å². The Kier molecular flexibility index (Phi) is 6.09. The van der Waals surface area contributed by atoms with E-state index in [-0.39, 0.29) is 12.8 Å². The molecule has 0 radical (unpaired) electrons. The Morgan fingerprint density at radius 3 is 2.53 bits per heavy atom. The third-order valence-electron chi connectivity index (χ3n) is 2.65. The Bertz CT molecular complexity index is 435. The molecular weight excluding hydrogens is 308 g/mol. The SMILES string of the molecule is C/C=C\CC(C)(C)C(=O)OCOc1ccc(Br)cc1. The predicted octanol–water partition coefficient (Wildman–Crippen LogP) is 4.32. The van der Waals surface area contributed by atoms with Gasteiger partial charge in [-0.1, -0.05) is 28.1 Å². The topological polar surface area (TPSA) is 35.5 Å². The molecule has 0 aliphatic rings. The Morgan fingerprint density at radius 1 is 1.32 bits per heavy atom. The van der Waals surface area contributed by atoms with Crippen LogP contribution in [0.1, 0.15) is 27.2 Å². The number of esters is 1. The molecule has 0 bridgehead atoms. The lowest BCUT2D eigenvalue weighted by atomic mass is 9.89. The van der Waals surface area contributed by atoms with E-state index < -0.39 is 5.41 Å². The van der Waals surface area contributed by atoms with E-state index in [1.54, 1.807) is 0 Å². The van der Waals surface area contributed by atoms with Crippen LogP contribution < -0.4 is 4.74 Å². The van der Waals surface area contributed by atoms with Gasteiger partial charge in [-0.15, -0.1) is 0 Å². The highest BCUT2D eigenvalue weighted by atomic mass is 79.9. The zero-order valence-corrected chi connectivity index (χ0v) is 13.1. The van der Waals surface area contributed by atoms with E-state index in [2.05, 4.69) is 15.9 Å². The average Bonchev–Trinajstić information content (AvgIpc) is 2.38. The summed E-state index contributed by atoms with van der Waals surface area (Å²) in [6.07, 6.45) is 4.53. The maximum atomic E-state index is 11.9. The molecule has 1 aromatic rings. The maximum Gasteiger partial charge on any atom is 0.314 e. The molecule has 0 N–H and O–H groups in total. The number of carbonyl (C=O) groups is 1. The summed E-state index contributed by atoms with van der Waals surface area (Å²) in [6, 6.07) is 7.35. The van der Waals surface area contributed by atoms with E-state index in [4.69, 9.17) is 9.47 Å². The molecule has 0 spiro atoms. The summed E-state index contributed by atoms with van der Waals surface area (Å²) < 4.78 is 11.5. The molecule has 1 aromatic carbocycles. The van der Waals surface area contributed by atoms with Gasteiger partial charge in [0.1, 0.15) is 5.75 Å². The lowest BCUT2D eigenvalue weighted by molar-refractivity contribution is -0.160. The first-order chi connectivity index (χ1) is 8.95. The van der Waals surface area contributed by atoms with Crippen molar-refractivity contribution in [3.05, 3.63) is 40.9 Å². The van der Waals surface area contributed by atoms with Crippen LogP contribution in [-0.4, -0.2) is 12.8 Å². The molecule has 0 aliphatic heterocycles. The third kappa shape index (κ3) is 5.47. The predicted molar refractivity (Wildman–Crippen MR) is 78.9 cm³/mol. The number of allylic oxidation sites excluding steroid dienone is 2. The van der Waals surface area contributed by atoms with Crippen LogP contribution in [-0.2, 0) is 9.53 Å². The van der Waals surface area contributed by atoms with Crippen LogP contribution in [0, 0.1) is 5.41 Å². The minimum Gasteiger partial charge on any atom is -0.457 e. The molecule has 4 heteroatoms. The molecule has 0 atom stereocenters. The number of ether oxygens (including phenoxy) is 2. The number of hydrogen-bond donors (Lipinski definition) is 0. The van der Waals surface area contributed by atoms with E-state index in [0.717, 1.165) is 4.47 Å². The summed E-state index contributed by atoms with van der Waals surface area (Å²) in [6.45, 7) is 5.57. The van der Waals surface area contributed by atoms with Crippen LogP contribution in [0.4, 0.5) is 0 Å². The summed E-state index contributed by atoms with van der Waals surface area (Å²) in [7, 11) is 0. The standard InChI is InChI=1S/C15H19BrO3/c1-4-5-10-15(2,3)14(17)19-11-18-13-8-6-12(16)7-9-13/h4-9H,10-11H2,1-3H3/b5-4-. The minimum absolute atomic E-state index is 0.0697. The number of benzene rings is 1. The quantitative estimate of drug-likeness (QED) is 0.443.